The summed E-state index contributed by atoms with van der Waals surface area (Å²) in [5.74, 6) is 0.533. The van der Waals surface area contributed by atoms with Crippen molar-refractivity contribution in [3.05, 3.63) is 71.7 Å². The number of amides is 1. The molecule has 126 valence electrons. The highest BCUT2D eigenvalue weighted by atomic mass is 16.2. The third kappa shape index (κ3) is 3.25. The number of carbonyl (C=O) groups is 1. The van der Waals surface area contributed by atoms with E-state index in [-0.39, 0.29) is 5.91 Å². The van der Waals surface area contributed by atoms with Crippen LogP contribution in [0.25, 0.3) is 10.9 Å². The van der Waals surface area contributed by atoms with Crippen molar-refractivity contribution in [1.82, 2.24) is 14.9 Å². The van der Waals surface area contributed by atoms with Gasteiger partial charge in [-0.1, -0.05) is 24.3 Å². The summed E-state index contributed by atoms with van der Waals surface area (Å²) in [5, 5.41) is 1.22. The summed E-state index contributed by atoms with van der Waals surface area (Å²) in [6.07, 6.45) is 3.90. The van der Waals surface area contributed by atoms with E-state index in [9.17, 15) is 4.79 Å². The molecule has 1 aliphatic heterocycles. The lowest BCUT2D eigenvalue weighted by Gasteiger charge is -2.16. The zero-order chi connectivity index (χ0) is 17.2. The normalized spacial score (nSPS) is 17.2. The predicted octanol–water partition coefficient (Wildman–Crippen LogP) is 3.64. The highest BCUT2D eigenvalue weighted by Gasteiger charge is 2.28. The quantitative estimate of drug-likeness (QED) is 0.736. The lowest BCUT2D eigenvalue weighted by molar-refractivity contribution is 0.0781. The first-order valence-electron chi connectivity index (χ1n) is 8.76. The molecule has 1 aliphatic rings. The molecule has 0 saturated carbocycles. The minimum Gasteiger partial charge on any atom is -0.337 e. The van der Waals surface area contributed by atoms with E-state index in [0.29, 0.717) is 11.6 Å². The molecule has 1 aromatic carbocycles. The van der Waals surface area contributed by atoms with E-state index in [0.717, 1.165) is 37.1 Å². The summed E-state index contributed by atoms with van der Waals surface area (Å²) in [6.45, 7) is 3.52. The van der Waals surface area contributed by atoms with E-state index in [1.807, 2.05) is 42.3 Å². The predicted molar refractivity (Wildman–Crippen MR) is 98.4 cm³/mol. The van der Waals surface area contributed by atoms with Crippen LogP contribution in [0.5, 0.6) is 0 Å². The van der Waals surface area contributed by atoms with Gasteiger partial charge in [-0.15, -0.1) is 0 Å². The molecule has 1 atom stereocenters. The number of fused-ring (bicyclic) bond motifs is 1. The molecule has 0 unspecified atom stereocenters. The molecule has 25 heavy (non-hydrogen) atoms. The molecule has 3 heterocycles. The van der Waals surface area contributed by atoms with E-state index >= 15 is 0 Å². The maximum Gasteiger partial charge on any atom is 0.272 e. The largest absolute Gasteiger partial charge is 0.337 e. The highest BCUT2D eigenvalue weighted by Crippen LogP contribution is 2.25. The summed E-state index contributed by atoms with van der Waals surface area (Å²) in [7, 11) is 0. The average molecular weight is 331 g/mol. The van der Waals surface area contributed by atoms with Crippen LogP contribution in [0.1, 0.15) is 28.2 Å². The van der Waals surface area contributed by atoms with Gasteiger partial charge in [-0.3, -0.25) is 9.78 Å². The molecule has 2 aromatic heterocycles. The van der Waals surface area contributed by atoms with E-state index < -0.39 is 0 Å². The molecule has 0 bridgehead atoms. The fourth-order valence-electron chi connectivity index (χ4n) is 3.65. The number of likely N-dealkylation sites (tertiary alicyclic amines) is 1. The Bertz CT molecular complexity index is 916. The second-order valence-corrected chi connectivity index (χ2v) is 6.76. The number of aryl methyl sites for hydroxylation is 1. The minimum atomic E-state index is 0.0470. The number of carbonyl (C=O) groups excluding carboxylic acids is 1. The molecule has 0 aliphatic carbocycles. The number of nitrogens with zero attached hydrogens (tertiary/aromatic N) is 3. The Balaban J connectivity index is 1.48. The fourth-order valence-corrected chi connectivity index (χ4v) is 3.65. The summed E-state index contributed by atoms with van der Waals surface area (Å²) < 4.78 is 0. The van der Waals surface area contributed by atoms with Crippen LogP contribution in [0, 0.1) is 12.8 Å². The molecule has 0 spiro atoms. The molecule has 0 radical (unpaired) electrons. The van der Waals surface area contributed by atoms with Crippen LogP contribution in [-0.4, -0.2) is 33.9 Å². The summed E-state index contributed by atoms with van der Waals surface area (Å²) in [5.41, 5.74) is 3.79. The minimum absolute atomic E-state index is 0.0470. The molecule has 1 fully saturated rings. The van der Waals surface area contributed by atoms with Crippen LogP contribution in [0.2, 0.25) is 0 Å². The molecule has 1 amide bonds. The first-order chi connectivity index (χ1) is 12.2. The molecule has 0 N–H and O–H groups in total. The third-order valence-corrected chi connectivity index (χ3v) is 4.93. The first-order valence-corrected chi connectivity index (χ1v) is 8.76. The van der Waals surface area contributed by atoms with Crippen molar-refractivity contribution >= 4 is 16.8 Å². The van der Waals surface area contributed by atoms with Crippen LogP contribution >= 0.6 is 0 Å². The molecule has 4 rings (SSSR count). The van der Waals surface area contributed by atoms with Crippen molar-refractivity contribution in [3.8, 4) is 0 Å². The van der Waals surface area contributed by atoms with Crippen molar-refractivity contribution in [2.45, 2.75) is 19.8 Å². The van der Waals surface area contributed by atoms with Crippen molar-refractivity contribution in [3.63, 3.8) is 0 Å². The van der Waals surface area contributed by atoms with Crippen molar-refractivity contribution in [2.24, 2.45) is 5.92 Å². The van der Waals surface area contributed by atoms with Crippen LogP contribution in [0.4, 0.5) is 0 Å². The molecule has 3 aromatic rings. The number of rotatable bonds is 3. The van der Waals surface area contributed by atoms with Gasteiger partial charge in [-0.05, 0) is 55.5 Å². The van der Waals surface area contributed by atoms with Crippen molar-refractivity contribution in [2.75, 3.05) is 13.1 Å². The lowest BCUT2D eigenvalue weighted by Crippen LogP contribution is -2.29. The van der Waals surface area contributed by atoms with Gasteiger partial charge in [0.25, 0.3) is 5.91 Å². The maximum atomic E-state index is 12.7. The Morgan fingerprint density at radius 2 is 2.04 bits per heavy atom. The number of benzene rings is 1. The van der Waals surface area contributed by atoms with E-state index in [2.05, 4.69) is 28.2 Å². The topological polar surface area (TPSA) is 46.1 Å². The summed E-state index contributed by atoms with van der Waals surface area (Å²) in [4.78, 5) is 23.4. The molecule has 4 heteroatoms. The smallest absolute Gasteiger partial charge is 0.272 e. The second kappa shape index (κ2) is 6.63. The van der Waals surface area contributed by atoms with Gasteiger partial charge in [0, 0.05) is 30.4 Å². The molecular weight excluding hydrogens is 310 g/mol. The maximum absolute atomic E-state index is 12.7. The van der Waals surface area contributed by atoms with Gasteiger partial charge in [-0.25, -0.2) is 4.98 Å². The van der Waals surface area contributed by atoms with Gasteiger partial charge in [0.05, 0.1) is 5.52 Å². The summed E-state index contributed by atoms with van der Waals surface area (Å²) in [6, 6.07) is 16.0. The fraction of sp³-hybridized carbons (Fsp3) is 0.286. The van der Waals surface area contributed by atoms with Gasteiger partial charge in [0.15, 0.2) is 0 Å². The number of hydrogen-bond acceptors (Lipinski definition) is 3. The van der Waals surface area contributed by atoms with Crippen LogP contribution in [-0.2, 0) is 6.42 Å². The molecule has 1 saturated heterocycles. The number of para-hydroxylation sites is 1. The van der Waals surface area contributed by atoms with Crippen LogP contribution in [0.3, 0.4) is 0 Å². The summed E-state index contributed by atoms with van der Waals surface area (Å²) >= 11 is 0. The van der Waals surface area contributed by atoms with Gasteiger partial charge in [-0.2, -0.15) is 0 Å². The van der Waals surface area contributed by atoms with Gasteiger partial charge < -0.3 is 4.90 Å². The monoisotopic (exact) mass is 331 g/mol. The van der Waals surface area contributed by atoms with Gasteiger partial charge in [0.2, 0.25) is 0 Å². The highest BCUT2D eigenvalue weighted by molar-refractivity contribution is 5.92. The van der Waals surface area contributed by atoms with Gasteiger partial charge >= 0.3 is 0 Å². The molecular formula is C21H21N3O. The third-order valence-electron chi connectivity index (χ3n) is 4.93. The Labute approximate surface area is 147 Å². The number of pyridine rings is 2. The Morgan fingerprint density at radius 3 is 2.92 bits per heavy atom. The van der Waals surface area contributed by atoms with E-state index in [1.165, 1.54) is 10.9 Å². The van der Waals surface area contributed by atoms with Gasteiger partial charge in [0.1, 0.15) is 5.69 Å². The second-order valence-electron chi connectivity index (χ2n) is 6.76. The van der Waals surface area contributed by atoms with Crippen LogP contribution in [0.15, 0.2) is 54.7 Å². The Morgan fingerprint density at radius 1 is 1.16 bits per heavy atom. The Kier molecular flexibility index (Phi) is 4.18. The number of aromatic nitrogens is 2. The lowest BCUT2D eigenvalue weighted by atomic mass is 9.96. The van der Waals surface area contributed by atoms with Crippen molar-refractivity contribution in [1.29, 1.82) is 0 Å². The van der Waals surface area contributed by atoms with Crippen LogP contribution < -0.4 is 0 Å². The average Bonchev–Trinajstić information content (AvgIpc) is 3.10. The zero-order valence-corrected chi connectivity index (χ0v) is 14.4. The standard InChI is InChI=1S/C21H21N3O/c1-15-5-4-8-20(23-15)21(25)24-12-10-16(14-24)13-17-9-11-22-19-7-3-2-6-18(17)19/h2-9,11,16H,10,12-14H2,1H3/t16-/m1/s1. The Hall–Kier alpha value is -2.75. The van der Waals surface area contributed by atoms with Crippen molar-refractivity contribution < 1.29 is 4.79 Å². The van der Waals surface area contributed by atoms with E-state index in [1.54, 1.807) is 6.07 Å². The first kappa shape index (κ1) is 15.8. The zero-order valence-electron chi connectivity index (χ0n) is 14.4. The number of hydrogen-bond donors (Lipinski definition) is 0. The molecule has 4 nitrogen and oxygen atoms in total. The SMILES string of the molecule is Cc1cccc(C(=O)N2CC[C@H](Cc3ccnc4ccccc34)C2)n1. The van der Waals surface area contributed by atoms with E-state index in [4.69, 9.17) is 0 Å².